The zero-order valence-electron chi connectivity index (χ0n) is 58.9. The fourth-order valence-corrected chi connectivity index (χ4v) is 9.76. The lowest BCUT2D eigenvalue weighted by atomic mass is 10.0. The molecule has 0 aliphatic heterocycles. The van der Waals surface area contributed by atoms with E-state index in [9.17, 15) is 19.5 Å². The Morgan fingerprint density at radius 3 is 0.879 bits per heavy atom. The van der Waals surface area contributed by atoms with E-state index in [1.807, 2.05) is 21.1 Å². The van der Waals surface area contributed by atoms with Crippen molar-refractivity contribution < 1.29 is 42.9 Å². The van der Waals surface area contributed by atoms with Gasteiger partial charge in [-0.15, -0.1) is 0 Å². The molecule has 9 nitrogen and oxygen atoms in total. The van der Waals surface area contributed by atoms with Crippen molar-refractivity contribution in [3.8, 4) is 0 Å². The van der Waals surface area contributed by atoms with Gasteiger partial charge in [0.25, 0.3) is 0 Å². The molecule has 0 aromatic carbocycles. The molecule has 0 amide bonds. The molecule has 9 heteroatoms. The second-order valence-electron chi connectivity index (χ2n) is 25.1. The van der Waals surface area contributed by atoms with E-state index in [-0.39, 0.29) is 38.6 Å². The Hall–Kier alpha value is -5.09. The lowest BCUT2D eigenvalue weighted by Crippen LogP contribution is -2.44. The summed E-state index contributed by atoms with van der Waals surface area (Å²) in [7, 11) is 5.92. The van der Waals surface area contributed by atoms with Gasteiger partial charge in [0, 0.05) is 12.8 Å². The maximum atomic E-state index is 12.9. The van der Waals surface area contributed by atoms with Crippen LogP contribution in [-0.2, 0) is 33.3 Å². The van der Waals surface area contributed by atoms with Crippen LogP contribution in [0.1, 0.15) is 284 Å². The number of hydrogen-bond donors (Lipinski definition) is 0. The number of rotatable bonds is 66. The van der Waals surface area contributed by atoms with Gasteiger partial charge in [-0.2, -0.15) is 0 Å². The molecule has 0 aliphatic rings. The minimum atomic E-state index is -1.63. The molecule has 2 unspecified atom stereocenters. The number of unbranched alkanes of at least 4 members (excludes halogenated alkanes) is 25. The van der Waals surface area contributed by atoms with Gasteiger partial charge in [-0.25, -0.2) is 0 Å². The number of quaternary nitrogens is 1. The van der Waals surface area contributed by atoms with E-state index in [1.165, 1.54) is 122 Å². The number of carbonyl (C=O) groups is 3. The summed E-state index contributed by atoms with van der Waals surface area (Å²) in [5.41, 5.74) is 0. The van der Waals surface area contributed by atoms with E-state index in [0.717, 1.165) is 128 Å². The van der Waals surface area contributed by atoms with Gasteiger partial charge in [0.15, 0.2) is 12.4 Å². The number of aliphatic carboxylic acids is 1. The molecule has 0 bridgehead atoms. The molecule has 0 aromatic rings. The highest BCUT2D eigenvalue weighted by molar-refractivity contribution is 5.70. The zero-order chi connectivity index (χ0) is 66.1. The van der Waals surface area contributed by atoms with Gasteiger partial charge in [-0.1, -0.05) is 307 Å². The Balaban J connectivity index is 4.13. The fourth-order valence-electron chi connectivity index (χ4n) is 9.76. The smallest absolute Gasteiger partial charge is 0.306 e. The van der Waals surface area contributed by atoms with Crippen molar-refractivity contribution in [1.29, 1.82) is 0 Å². The van der Waals surface area contributed by atoms with Crippen LogP contribution in [0, 0.1) is 0 Å². The molecule has 0 heterocycles. The summed E-state index contributed by atoms with van der Waals surface area (Å²) in [5, 5.41) is 11.8. The van der Waals surface area contributed by atoms with E-state index < -0.39 is 24.3 Å². The number of allylic oxidation sites excluding steroid dienone is 26. The van der Waals surface area contributed by atoms with Crippen LogP contribution in [0.4, 0.5) is 0 Å². The molecule has 0 radical (unpaired) electrons. The number of carbonyl (C=O) groups excluding carboxylic acids is 3. The molecule has 0 aliphatic carbocycles. The third-order valence-electron chi connectivity index (χ3n) is 15.3. The van der Waals surface area contributed by atoms with Crippen molar-refractivity contribution in [2.75, 3.05) is 47.5 Å². The van der Waals surface area contributed by atoms with Crippen LogP contribution in [0.25, 0.3) is 0 Å². The maximum Gasteiger partial charge on any atom is 0.306 e. The number of carboxylic acids is 1. The summed E-state index contributed by atoms with van der Waals surface area (Å²) in [5.74, 6) is -2.30. The van der Waals surface area contributed by atoms with Crippen LogP contribution >= 0.6 is 0 Å². The van der Waals surface area contributed by atoms with E-state index in [4.69, 9.17) is 18.9 Å². The Labute approximate surface area is 559 Å². The summed E-state index contributed by atoms with van der Waals surface area (Å²) >= 11 is 0. The van der Waals surface area contributed by atoms with Crippen LogP contribution in [-0.4, -0.2) is 82.3 Å². The third kappa shape index (κ3) is 72.2. The van der Waals surface area contributed by atoms with E-state index in [2.05, 4.69) is 172 Å². The van der Waals surface area contributed by atoms with E-state index in [0.29, 0.717) is 17.4 Å². The predicted octanol–water partition coefficient (Wildman–Crippen LogP) is 21.9. The standard InChI is InChI=1S/C82H135NO8/c1-6-8-10-12-14-16-18-20-22-24-26-28-30-32-34-36-38-39-40-41-43-44-46-48-50-52-54-56-58-60-62-64-66-68-70-72-79(84)89-76-78(77-90-82(81(86)87)88-75-74-83(3,4)5)91-80(85)73-71-69-67-65-63-61-59-57-55-53-51-49-47-45-42-37-35-33-31-29-27-25-23-21-19-17-15-13-11-9-7-2/h8-11,14-17,20-23,26-29,32-35,38-39,42,45,49,51,78,82H,6-7,12-13,18-19,24-25,30-31,36-37,40-41,43-44,46-48,50,52-77H2,1-5H3/b10-8-,11-9-,16-14-,17-15-,22-20-,23-21-,28-26-,29-27-,34-32-,35-33-,39-38-,45-42-,51-49-. The maximum absolute atomic E-state index is 12.9. The second kappa shape index (κ2) is 70.8. The Morgan fingerprint density at radius 1 is 0.330 bits per heavy atom. The fraction of sp³-hybridized carbons (Fsp3) is 0.646. The molecule has 91 heavy (non-hydrogen) atoms. The minimum absolute atomic E-state index is 0.140. The highest BCUT2D eigenvalue weighted by atomic mass is 16.7. The summed E-state index contributed by atoms with van der Waals surface area (Å²) in [6.07, 6.45) is 102. The molecular formula is C82H135NO8. The monoisotopic (exact) mass is 1260 g/mol. The number of likely N-dealkylation sites (N-methyl/N-ethyl adjacent to an activating group) is 1. The van der Waals surface area contributed by atoms with Crippen molar-refractivity contribution in [3.63, 3.8) is 0 Å². The quantitative estimate of drug-likeness (QED) is 0.0195. The summed E-state index contributed by atoms with van der Waals surface area (Å²) in [4.78, 5) is 37.6. The van der Waals surface area contributed by atoms with Gasteiger partial charge < -0.3 is 33.3 Å². The summed E-state index contributed by atoms with van der Waals surface area (Å²) in [6, 6.07) is 0. The first-order chi connectivity index (χ1) is 44.6. The van der Waals surface area contributed by atoms with Gasteiger partial charge in [0.05, 0.1) is 40.3 Å². The number of hydrogen-bond acceptors (Lipinski definition) is 8. The van der Waals surface area contributed by atoms with Crippen molar-refractivity contribution in [2.45, 2.75) is 296 Å². The largest absolute Gasteiger partial charge is 0.545 e. The van der Waals surface area contributed by atoms with Crippen LogP contribution in [0.3, 0.4) is 0 Å². The number of esters is 2. The highest BCUT2D eigenvalue weighted by Gasteiger charge is 2.22. The summed E-state index contributed by atoms with van der Waals surface area (Å²) in [6.45, 7) is 4.52. The van der Waals surface area contributed by atoms with E-state index in [1.54, 1.807) is 0 Å². The molecule has 2 atom stereocenters. The average molecular weight is 1260 g/mol. The Morgan fingerprint density at radius 2 is 0.593 bits per heavy atom. The number of ether oxygens (including phenoxy) is 4. The first-order valence-corrected chi connectivity index (χ1v) is 36.6. The first kappa shape index (κ1) is 85.9. The molecule has 0 saturated heterocycles. The van der Waals surface area contributed by atoms with E-state index >= 15 is 0 Å². The van der Waals surface area contributed by atoms with Gasteiger partial charge in [-0.3, -0.25) is 9.59 Å². The van der Waals surface area contributed by atoms with Gasteiger partial charge in [0.2, 0.25) is 0 Å². The molecule has 0 fully saturated rings. The SMILES string of the molecule is CC/C=C\C/C=C\C/C=C\C/C=C\C/C=C\C/C=C\C/C=C\CCCCCCCCCCCC(=O)OC(COC(=O)CCCCCCCCCCCCCCCCCC/C=C\C/C=C\C/C=C\C/C=C\C/C=C\C/C=C\CC)COC(OCC[N+](C)(C)C)C(=O)[O-]. The van der Waals surface area contributed by atoms with Crippen LogP contribution in [0.15, 0.2) is 158 Å². The molecule has 0 spiro atoms. The summed E-state index contributed by atoms with van der Waals surface area (Å²) < 4.78 is 22.8. The topological polar surface area (TPSA) is 111 Å². The third-order valence-corrected chi connectivity index (χ3v) is 15.3. The lowest BCUT2D eigenvalue weighted by molar-refractivity contribution is -0.870. The zero-order valence-corrected chi connectivity index (χ0v) is 58.9. The van der Waals surface area contributed by atoms with Gasteiger partial charge in [0.1, 0.15) is 13.2 Å². The minimum Gasteiger partial charge on any atom is -0.545 e. The normalized spacial score (nSPS) is 13.6. The lowest BCUT2D eigenvalue weighted by Gasteiger charge is -2.26. The predicted molar refractivity (Wildman–Crippen MR) is 389 cm³/mol. The Bertz CT molecular complexity index is 2060. The van der Waals surface area contributed by atoms with Crippen molar-refractivity contribution in [1.82, 2.24) is 0 Å². The highest BCUT2D eigenvalue weighted by Crippen LogP contribution is 2.17. The van der Waals surface area contributed by atoms with Crippen molar-refractivity contribution in [2.24, 2.45) is 0 Å². The first-order valence-electron chi connectivity index (χ1n) is 36.6. The number of carboxylic acid groups (broad SMARTS) is 1. The molecule has 0 rings (SSSR count). The van der Waals surface area contributed by atoms with Crippen molar-refractivity contribution in [3.05, 3.63) is 158 Å². The van der Waals surface area contributed by atoms with Crippen LogP contribution < -0.4 is 5.11 Å². The van der Waals surface area contributed by atoms with Crippen LogP contribution in [0.2, 0.25) is 0 Å². The molecule has 516 valence electrons. The molecule has 0 N–H and O–H groups in total. The molecule has 0 aromatic heterocycles. The second-order valence-corrected chi connectivity index (χ2v) is 25.1. The molecular weight excluding hydrogens is 1130 g/mol. The van der Waals surface area contributed by atoms with Crippen molar-refractivity contribution >= 4 is 17.9 Å². The van der Waals surface area contributed by atoms with Gasteiger partial charge >= 0.3 is 11.9 Å². The Kier molecular flexibility index (Phi) is 66.8. The van der Waals surface area contributed by atoms with Gasteiger partial charge in [-0.05, 0) is 122 Å². The van der Waals surface area contributed by atoms with Crippen LogP contribution in [0.5, 0.6) is 0 Å². The average Bonchev–Trinajstić information content (AvgIpc) is 3.65. The molecule has 0 saturated carbocycles. The number of nitrogens with zero attached hydrogens (tertiary/aromatic N) is 1.